The van der Waals surface area contributed by atoms with Crippen molar-refractivity contribution in [3.8, 4) is 11.5 Å². The molecular weight excluding hydrogens is 992 g/mol. The maximum Gasteiger partial charge on any atom is 0.358 e. The smallest absolute Gasteiger partial charge is 0.358 e. The number of carbonyl (C=O) groups is 3. The summed E-state index contributed by atoms with van der Waals surface area (Å²) in [5.41, 5.74) is 2.72. The summed E-state index contributed by atoms with van der Waals surface area (Å²) in [5.74, 6) is -0.185. The highest BCUT2D eigenvalue weighted by molar-refractivity contribution is 14.1. The summed E-state index contributed by atoms with van der Waals surface area (Å²) in [6, 6.07) is 27.3. The second-order valence-corrected chi connectivity index (χ2v) is 13.3. The molecule has 0 saturated heterocycles. The lowest BCUT2D eigenvalue weighted by Crippen LogP contribution is -2.23. The van der Waals surface area contributed by atoms with Gasteiger partial charge in [0.2, 0.25) is 4.11 Å². The molecule has 1 unspecified atom stereocenters. The molecule has 0 amide bonds. The van der Waals surface area contributed by atoms with Gasteiger partial charge in [-0.2, -0.15) is 0 Å². The van der Waals surface area contributed by atoms with Gasteiger partial charge < -0.3 is 18.9 Å². The fourth-order valence-corrected chi connectivity index (χ4v) is 6.77. The average Bonchev–Trinajstić information content (AvgIpc) is 2.99. The lowest BCUT2D eigenvalue weighted by Gasteiger charge is -2.15. The molecule has 216 valence electrons. The molecule has 11 heteroatoms. The highest BCUT2D eigenvalue weighted by atomic mass is 127. The van der Waals surface area contributed by atoms with E-state index in [2.05, 4.69) is 67.8 Å². The van der Waals surface area contributed by atoms with E-state index in [1.807, 2.05) is 83.3 Å². The maximum absolute atomic E-state index is 13.3. The Balaban J connectivity index is 1.34. The van der Waals surface area contributed by atoms with Crippen LogP contribution in [0, 0.1) is 10.7 Å². The Kier molecular flexibility index (Phi) is 12.7. The van der Waals surface area contributed by atoms with Crippen LogP contribution in [0.2, 0.25) is 0 Å². The first kappa shape index (κ1) is 32.9. The predicted molar refractivity (Wildman–Crippen MR) is 191 cm³/mol. The second kappa shape index (κ2) is 16.2. The Labute approximate surface area is 297 Å². The number of ether oxygens (including phenoxy) is 4. The van der Waals surface area contributed by atoms with Gasteiger partial charge in [0.25, 0.3) is 0 Å². The van der Waals surface area contributed by atoms with Gasteiger partial charge in [-0.15, -0.1) is 0 Å². The van der Waals surface area contributed by atoms with Crippen molar-refractivity contribution in [3.05, 3.63) is 124 Å². The van der Waals surface area contributed by atoms with E-state index in [4.69, 9.17) is 18.9 Å². The van der Waals surface area contributed by atoms with Crippen molar-refractivity contribution in [2.45, 2.75) is 17.3 Å². The highest BCUT2D eigenvalue weighted by Gasteiger charge is 2.21. The number of ketones is 1. The van der Waals surface area contributed by atoms with Crippen LogP contribution >= 0.6 is 90.4 Å². The summed E-state index contributed by atoms with van der Waals surface area (Å²) in [6.07, 6.45) is 0. The summed E-state index contributed by atoms with van der Waals surface area (Å²) in [6.45, 7) is 0.0837. The van der Waals surface area contributed by atoms with E-state index < -0.39 is 16.0 Å². The normalized spacial score (nSPS) is 11.3. The van der Waals surface area contributed by atoms with Gasteiger partial charge >= 0.3 is 11.9 Å². The molecule has 0 N–H and O–H groups in total. The molecule has 4 aromatic rings. The highest BCUT2D eigenvalue weighted by Crippen LogP contribution is 2.31. The minimum absolute atomic E-state index is 0.160. The number of rotatable bonds is 12. The van der Waals surface area contributed by atoms with Crippen molar-refractivity contribution in [2.24, 2.45) is 0 Å². The second-order valence-electron chi connectivity index (χ2n) is 8.71. The molecule has 4 aromatic carbocycles. The van der Waals surface area contributed by atoms with Crippen molar-refractivity contribution in [3.63, 3.8) is 0 Å². The summed E-state index contributed by atoms with van der Waals surface area (Å²) in [4.78, 5) is 37.9. The van der Waals surface area contributed by atoms with E-state index >= 15 is 0 Å². The van der Waals surface area contributed by atoms with Gasteiger partial charge in [-0.05, 0) is 132 Å². The Morgan fingerprint density at radius 3 is 1.79 bits per heavy atom. The third-order valence-corrected chi connectivity index (χ3v) is 8.88. The Bertz CT molecular complexity index is 1540. The molecule has 0 aromatic heterocycles. The van der Waals surface area contributed by atoms with Crippen LogP contribution < -0.4 is 9.47 Å². The number of carbonyl (C=O) groups excluding carboxylic acids is 3. The molecule has 4 rings (SSSR count). The van der Waals surface area contributed by atoms with Gasteiger partial charge in [0, 0.05) is 11.1 Å². The zero-order chi connectivity index (χ0) is 30.1. The first-order chi connectivity index (χ1) is 20.2. The van der Waals surface area contributed by atoms with E-state index in [0.717, 1.165) is 11.1 Å². The summed E-state index contributed by atoms with van der Waals surface area (Å²) < 4.78 is 23.4. The van der Waals surface area contributed by atoms with E-state index in [1.165, 1.54) is 0 Å². The Morgan fingerprint density at radius 1 is 0.667 bits per heavy atom. The molecule has 0 fully saturated rings. The van der Waals surface area contributed by atoms with Crippen LogP contribution in [0.1, 0.15) is 27.0 Å². The van der Waals surface area contributed by atoms with E-state index in [1.54, 1.807) is 30.3 Å². The molecular formula is C31H22I4O7. The zero-order valence-electron chi connectivity index (χ0n) is 21.7. The van der Waals surface area contributed by atoms with Crippen LogP contribution in [-0.4, -0.2) is 28.4 Å². The van der Waals surface area contributed by atoms with Crippen LogP contribution in [0.5, 0.6) is 11.5 Å². The molecule has 0 bridgehead atoms. The van der Waals surface area contributed by atoms with Crippen molar-refractivity contribution in [2.75, 3.05) is 6.61 Å². The quantitative estimate of drug-likeness (QED) is 0.0622. The SMILES string of the molecule is O=C(COc1c(I)cc(C(=O)c2ccc(OC(I)C(=O)OCc3ccccc3)c(I)c2)cc1I)OCc1ccccc1. The van der Waals surface area contributed by atoms with Crippen LogP contribution in [0.25, 0.3) is 0 Å². The van der Waals surface area contributed by atoms with Crippen molar-refractivity contribution in [1.29, 1.82) is 0 Å². The van der Waals surface area contributed by atoms with E-state index in [0.29, 0.717) is 33.3 Å². The van der Waals surface area contributed by atoms with Gasteiger partial charge in [-0.1, -0.05) is 60.7 Å². The van der Waals surface area contributed by atoms with Gasteiger partial charge in [-0.25, -0.2) is 9.59 Å². The fourth-order valence-electron chi connectivity index (χ4n) is 3.60. The molecule has 0 spiro atoms. The van der Waals surface area contributed by atoms with E-state index in [-0.39, 0.29) is 25.6 Å². The van der Waals surface area contributed by atoms with Gasteiger partial charge in [0.15, 0.2) is 12.4 Å². The molecule has 7 nitrogen and oxygen atoms in total. The fraction of sp³-hybridized carbons (Fsp3) is 0.129. The topological polar surface area (TPSA) is 88.1 Å². The van der Waals surface area contributed by atoms with Crippen LogP contribution in [0.3, 0.4) is 0 Å². The Morgan fingerprint density at radius 2 is 1.21 bits per heavy atom. The molecule has 42 heavy (non-hydrogen) atoms. The Hall–Kier alpha value is -1.99. The average molecular weight is 1010 g/mol. The zero-order valence-corrected chi connectivity index (χ0v) is 30.4. The molecule has 0 aliphatic carbocycles. The largest absolute Gasteiger partial charge is 0.480 e. The van der Waals surface area contributed by atoms with Crippen LogP contribution in [0.15, 0.2) is 91.0 Å². The third-order valence-electron chi connectivity index (χ3n) is 5.67. The molecule has 0 aliphatic rings. The maximum atomic E-state index is 13.3. The number of alkyl halides is 1. The van der Waals surface area contributed by atoms with Gasteiger partial charge in [-0.3, -0.25) is 4.79 Å². The molecule has 0 heterocycles. The third kappa shape index (κ3) is 9.51. The van der Waals surface area contributed by atoms with E-state index in [9.17, 15) is 14.4 Å². The summed E-state index contributed by atoms with van der Waals surface area (Å²) >= 11 is 8.12. The van der Waals surface area contributed by atoms with Gasteiger partial charge in [0.05, 0.1) is 10.7 Å². The van der Waals surface area contributed by atoms with Crippen molar-refractivity contribution in [1.82, 2.24) is 0 Å². The molecule has 0 saturated carbocycles. The first-order valence-corrected chi connectivity index (χ1v) is 16.9. The molecule has 1 atom stereocenters. The lowest BCUT2D eigenvalue weighted by molar-refractivity contribution is -0.148. The lowest BCUT2D eigenvalue weighted by atomic mass is 10.0. The first-order valence-electron chi connectivity index (χ1n) is 12.4. The minimum atomic E-state index is -0.854. The molecule has 0 aliphatic heterocycles. The minimum Gasteiger partial charge on any atom is -0.480 e. The molecule has 0 radical (unpaired) electrons. The predicted octanol–water partition coefficient (Wildman–Crippen LogP) is 7.74. The van der Waals surface area contributed by atoms with Crippen LogP contribution in [0.4, 0.5) is 0 Å². The summed E-state index contributed by atoms with van der Waals surface area (Å²) in [5, 5.41) is 0. The number of hydrogen-bond acceptors (Lipinski definition) is 7. The number of esters is 2. The number of hydrogen-bond donors (Lipinski definition) is 0. The van der Waals surface area contributed by atoms with Crippen LogP contribution in [-0.2, 0) is 32.3 Å². The number of benzene rings is 4. The summed E-state index contributed by atoms with van der Waals surface area (Å²) in [7, 11) is 0. The monoisotopic (exact) mass is 1010 g/mol. The van der Waals surface area contributed by atoms with Crippen molar-refractivity contribution >= 4 is 108 Å². The number of halogens is 4. The van der Waals surface area contributed by atoms with Crippen molar-refractivity contribution < 1.29 is 33.3 Å². The standard InChI is InChI=1S/C31H22I4O7/c32-23-13-21(11-12-26(23)42-30(35)31(38)41-17-20-9-5-2-6-10-20)28(37)22-14-24(33)29(25(34)15-22)40-18-27(36)39-16-19-7-3-1-4-8-19/h1-15,30H,16-18H2. The van der Waals surface area contributed by atoms with Gasteiger partial charge in [0.1, 0.15) is 24.7 Å².